The lowest BCUT2D eigenvalue weighted by Gasteiger charge is -2.13. The van der Waals surface area contributed by atoms with E-state index in [-0.39, 0.29) is 11.9 Å². The molecule has 0 spiro atoms. The van der Waals surface area contributed by atoms with Crippen molar-refractivity contribution in [1.82, 2.24) is 25.1 Å². The molecular formula is C20H23N5OS2. The number of carbonyl (C=O) groups excluding carboxylic acids is 1. The largest absolute Gasteiger partial charge is 0.346 e. The molecule has 1 amide bonds. The zero-order chi connectivity index (χ0) is 19.9. The molecule has 28 heavy (non-hydrogen) atoms. The van der Waals surface area contributed by atoms with Crippen molar-refractivity contribution in [2.75, 3.05) is 5.75 Å². The number of nitrogens with zero attached hydrogens (tertiary/aromatic N) is 4. The van der Waals surface area contributed by atoms with Crippen molar-refractivity contribution in [3.8, 4) is 0 Å². The number of nitrogens with one attached hydrogen (secondary N) is 1. The molecule has 1 atom stereocenters. The summed E-state index contributed by atoms with van der Waals surface area (Å²) >= 11 is 3.06. The molecule has 1 N–H and O–H groups in total. The Kier molecular flexibility index (Phi) is 7.11. The predicted octanol–water partition coefficient (Wildman–Crippen LogP) is 3.78. The lowest BCUT2D eigenvalue weighted by atomic mass is 10.1. The van der Waals surface area contributed by atoms with E-state index in [1.54, 1.807) is 18.0 Å². The number of thioether (sulfide) groups is 2. The third-order valence-corrected chi connectivity index (χ3v) is 6.25. The molecule has 3 rings (SSSR count). The van der Waals surface area contributed by atoms with E-state index < -0.39 is 0 Å². The average Bonchev–Trinajstić information content (AvgIpc) is 3.07. The van der Waals surface area contributed by atoms with Crippen LogP contribution in [0.2, 0.25) is 0 Å². The van der Waals surface area contributed by atoms with Gasteiger partial charge in [0.05, 0.1) is 16.8 Å². The summed E-state index contributed by atoms with van der Waals surface area (Å²) in [6.45, 7) is 4.03. The van der Waals surface area contributed by atoms with Gasteiger partial charge >= 0.3 is 0 Å². The van der Waals surface area contributed by atoms with Gasteiger partial charge in [0.15, 0.2) is 11.0 Å². The van der Waals surface area contributed by atoms with Gasteiger partial charge < -0.3 is 9.88 Å². The minimum Gasteiger partial charge on any atom is -0.346 e. The fraction of sp³-hybridized carbons (Fsp3) is 0.300. The van der Waals surface area contributed by atoms with Gasteiger partial charge in [-0.2, -0.15) is 0 Å². The summed E-state index contributed by atoms with van der Waals surface area (Å²) in [6, 6.07) is 13.8. The number of amides is 1. The van der Waals surface area contributed by atoms with E-state index in [0.717, 1.165) is 21.8 Å². The van der Waals surface area contributed by atoms with E-state index in [0.29, 0.717) is 5.75 Å². The van der Waals surface area contributed by atoms with E-state index >= 15 is 0 Å². The number of carbonyl (C=O) groups is 1. The third-order valence-electron chi connectivity index (χ3n) is 4.24. The molecule has 1 aromatic carbocycles. The Morgan fingerprint density at radius 1 is 1.14 bits per heavy atom. The van der Waals surface area contributed by atoms with Crippen LogP contribution in [0.15, 0.2) is 58.8 Å². The molecule has 3 aromatic rings. The molecule has 0 radical (unpaired) electrons. The quantitative estimate of drug-likeness (QED) is 0.567. The van der Waals surface area contributed by atoms with Crippen LogP contribution in [0.25, 0.3) is 0 Å². The van der Waals surface area contributed by atoms with Crippen LogP contribution in [0.4, 0.5) is 0 Å². The van der Waals surface area contributed by atoms with Crippen LogP contribution in [0.5, 0.6) is 0 Å². The molecule has 0 unspecified atom stereocenters. The van der Waals surface area contributed by atoms with Gasteiger partial charge in [-0.1, -0.05) is 53.9 Å². The number of pyridine rings is 1. The first-order chi connectivity index (χ1) is 13.5. The smallest absolute Gasteiger partial charge is 0.230 e. The first-order valence-electron chi connectivity index (χ1n) is 8.94. The molecule has 0 bridgehead atoms. The molecule has 0 saturated carbocycles. The van der Waals surface area contributed by atoms with Crippen LogP contribution in [-0.2, 0) is 17.6 Å². The molecule has 146 valence electrons. The fourth-order valence-electron chi connectivity index (χ4n) is 2.66. The second-order valence-corrected chi connectivity index (χ2v) is 8.30. The molecule has 0 fully saturated rings. The van der Waals surface area contributed by atoms with Gasteiger partial charge in [-0.05, 0) is 37.1 Å². The fourth-order valence-corrected chi connectivity index (χ4v) is 4.33. The molecule has 2 heterocycles. The second kappa shape index (κ2) is 9.75. The molecule has 0 aliphatic heterocycles. The summed E-state index contributed by atoms with van der Waals surface area (Å²) in [4.78, 5) is 16.5. The Bertz CT molecular complexity index is 929. The normalized spacial score (nSPS) is 12.0. The predicted molar refractivity (Wildman–Crippen MR) is 113 cm³/mol. The number of rotatable bonds is 8. The summed E-state index contributed by atoms with van der Waals surface area (Å²) in [7, 11) is 1.93. The Balaban J connectivity index is 1.55. The molecule has 0 saturated heterocycles. The highest BCUT2D eigenvalue weighted by atomic mass is 32.2. The summed E-state index contributed by atoms with van der Waals surface area (Å²) in [6.07, 6.45) is 1.72. The van der Waals surface area contributed by atoms with E-state index in [2.05, 4.69) is 39.6 Å². The number of hydrogen-bond donors (Lipinski definition) is 1. The maximum absolute atomic E-state index is 12.2. The molecule has 6 nitrogen and oxygen atoms in total. The van der Waals surface area contributed by atoms with Crippen molar-refractivity contribution in [3.05, 3.63) is 65.6 Å². The lowest BCUT2D eigenvalue weighted by molar-refractivity contribution is -0.119. The van der Waals surface area contributed by atoms with Crippen LogP contribution in [0.1, 0.15) is 29.9 Å². The van der Waals surface area contributed by atoms with E-state index in [1.165, 1.54) is 22.9 Å². The summed E-state index contributed by atoms with van der Waals surface area (Å²) in [5.74, 6) is 1.83. The number of benzene rings is 1. The van der Waals surface area contributed by atoms with Crippen molar-refractivity contribution in [1.29, 1.82) is 0 Å². The van der Waals surface area contributed by atoms with E-state index in [1.807, 2.05) is 48.9 Å². The van der Waals surface area contributed by atoms with Gasteiger partial charge in [0.25, 0.3) is 0 Å². The zero-order valence-electron chi connectivity index (χ0n) is 16.1. The van der Waals surface area contributed by atoms with Crippen LogP contribution in [0.3, 0.4) is 0 Å². The van der Waals surface area contributed by atoms with Gasteiger partial charge in [-0.15, -0.1) is 10.2 Å². The Morgan fingerprint density at radius 3 is 2.68 bits per heavy atom. The Labute approximate surface area is 173 Å². The van der Waals surface area contributed by atoms with Gasteiger partial charge in [0.2, 0.25) is 5.91 Å². The number of hydrogen-bond acceptors (Lipinski definition) is 6. The number of aryl methyl sites for hydroxylation is 1. The second-order valence-electron chi connectivity index (χ2n) is 6.36. The molecule has 2 aromatic heterocycles. The molecule has 8 heteroatoms. The molecule has 0 aliphatic rings. The van der Waals surface area contributed by atoms with Gasteiger partial charge in [0.1, 0.15) is 0 Å². The van der Waals surface area contributed by atoms with Gasteiger partial charge in [-0.3, -0.25) is 4.79 Å². The van der Waals surface area contributed by atoms with E-state index in [4.69, 9.17) is 0 Å². The maximum atomic E-state index is 12.2. The van der Waals surface area contributed by atoms with Crippen LogP contribution in [0, 0.1) is 6.92 Å². The highest BCUT2D eigenvalue weighted by Crippen LogP contribution is 2.24. The van der Waals surface area contributed by atoms with Crippen molar-refractivity contribution in [3.63, 3.8) is 0 Å². The standard InChI is InChI=1S/C20H23N5OS2/c1-14-8-4-5-9-16(14)12-28-20-24-23-19(25(20)3)15(2)22-17(26)13-27-18-10-6-7-11-21-18/h4-11,15H,12-13H2,1-3H3,(H,22,26)/t15-/m0/s1. The summed E-state index contributed by atoms with van der Waals surface area (Å²) in [5.41, 5.74) is 2.55. The van der Waals surface area contributed by atoms with E-state index in [9.17, 15) is 4.79 Å². The van der Waals surface area contributed by atoms with Crippen molar-refractivity contribution in [2.24, 2.45) is 7.05 Å². The average molecular weight is 414 g/mol. The van der Waals surface area contributed by atoms with Gasteiger partial charge in [0, 0.05) is 19.0 Å². The first kappa shape index (κ1) is 20.4. The first-order valence-corrected chi connectivity index (χ1v) is 10.9. The SMILES string of the molecule is Cc1ccccc1CSc1nnc([C@H](C)NC(=O)CSc2ccccn2)n1C. The summed E-state index contributed by atoms with van der Waals surface area (Å²) < 4.78 is 1.94. The topological polar surface area (TPSA) is 72.7 Å². The van der Waals surface area contributed by atoms with Crippen LogP contribution in [-0.4, -0.2) is 31.4 Å². The molecular weight excluding hydrogens is 390 g/mol. The molecule has 0 aliphatic carbocycles. The zero-order valence-corrected chi connectivity index (χ0v) is 17.8. The van der Waals surface area contributed by atoms with Crippen molar-refractivity contribution < 1.29 is 4.79 Å². The highest BCUT2D eigenvalue weighted by Gasteiger charge is 2.18. The van der Waals surface area contributed by atoms with Crippen LogP contribution < -0.4 is 5.32 Å². The van der Waals surface area contributed by atoms with Crippen molar-refractivity contribution >= 4 is 29.4 Å². The summed E-state index contributed by atoms with van der Waals surface area (Å²) in [5, 5.41) is 13.2. The Hall–Kier alpha value is -2.32. The highest BCUT2D eigenvalue weighted by molar-refractivity contribution is 7.99. The minimum atomic E-state index is -0.220. The lowest BCUT2D eigenvalue weighted by Crippen LogP contribution is -2.29. The van der Waals surface area contributed by atoms with Gasteiger partial charge in [-0.25, -0.2) is 4.98 Å². The maximum Gasteiger partial charge on any atom is 0.230 e. The minimum absolute atomic E-state index is 0.0553. The monoisotopic (exact) mass is 413 g/mol. The number of aromatic nitrogens is 4. The third kappa shape index (κ3) is 5.36. The van der Waals surface area contributed by atoms with Crippen molar-refractivity contribution in [2.45, 2.75) is 35.8 Å². The van der Waals surface area contributed by atoms with Crippen LogP contribution >= 0.6 is 23.5 Å². The Morgan fingerprint density at radius 2 is 1.93 bits per heavy atom.